The summed E-state index contributed by atoms with van der Waals surface area (Å²) in [7, 11) is 1.87. The maximum atomic E-state index is 12.8. The second kappa shape index (κ2) is 6.18. The standard InChI is InChI=1S/C16H21N3O4S/c1-8(2)13-10-5-12(24-15(10)18(4)17-13)14(20)19-6-9(3)23-11(7-19)16(21)22/h5,8-9,11H,6-7H2,1-4H3,(H,21,22)/t9-,11?/m1/s1. The number of nitrogens with zero attached hydrogens (tertiary/aromatic N) is 3. The molecule has 0 aliphatic carbocycles. The number of aliphatic carboxylic acids is 1. The minimum Gasteiger partial charge on any atom is -0.479 e. The summed E-state index contributed by atoms with van der Waals surface area (Å²) in [6.45, 7) is 6.39. The molecule has 2 aromatic rings. The summed E-state index contributed by atoms with van der Waals surface area (Å²) in [6, 6.07) is 1.88. The van der Waals surface area contributed by atoms with Gasteiger partial charge in [0, 0.05) is 19.0 Å². The Morgan fingerprint density at radius 3 is 2.75 bits per heavy atom. The van der Waals surface area contributed by atoms with Gasteiger partial charge >= 0.3 is 5.97 Å². The first-order valence-electron chi connectivity index (χ1n) is 7.92. The molecule has 0 bridgehead atoms. The van der Waals surface area contributed by atoms with Crippen molar-refractivity contribution in [1.29, 1.82) is 0 Å². The summed E-state index contributed by atoms with van der Waals surface area (Å²) >= 11 is 1.40. The third-order valence-corrected chi connectivity index (χ3v) is 5.31. The molecule has 2 aromatic heterocycles. The Labute approximate surface area is 143 Å². The molecule has 2 atom stereocenters. The van der Waals surface area contributed by atoms with Gasteiger partial charge in [0.05, 0.1) is 23.2 Å². The van der Waals surface area contributed by atoms with E-state index in [0.29, 0.717) is 11.4 Å². The lowest BCUT2D eigenvalue weighted by Gasteiger charge is -2.34. The van der Waals surface area contributed by atoms with Crippen molar-refractivity contribution in [2.24, 2.45) is 7.05 Å². The molecule has 3 heterocycles. The zero-order valence-electron chi connectivity index (χ0n) is 14.1. The summed E-state index contributed by atoms with van der Waals surface area (Å²) in [4.78, 5) is 27.2. The van der Waals surface area contributed by atoms with Gasteiger partial charge in [-0.15, -0.1) is 11.3 Å². The fourth-order valence-corrected chi connectivity index (χ4v) is 4.06. The molecule has 0 saturated carbocycles. The van der Waals surface area contributed by atoms with Crippen LogP contribution in [0.4, 0.5) is 0 Å². The van der Waals surface area contributed by atoms with Crippen molar-refractivity contribution in [2.75, 3.05) is 13.1 Å². The van der Waals surface area contributed by atoms with Gasteiger partial charge in [0.2, 0.25) is 0 Å². The Kier molecular flexibility index (Phi) is 4.35. The number of carbonyl (C=O) groups excluding carboxylic acids is 1. The molecule has 1 aliphatic rings. The number of rotatable bonds is 3. The third-order valence-electron chi connectivity index (χ3n) is 4.12. The topological polar surface area (TPSA) is 84.7 Å². The predicted octanol–water partition coefficient (Wildman–Crippen LogP) is 2.07. The largest absolute Gasteiger partial charge is 0.479 e. The number of thiophene rings is 1. The predicted molar refractivity (Wildman–Crippen MR) is 90.6 cm³/mol. The van der Waals surface area contributed by atoms with E-state index in [-0.39, 0.29) is 24.5 Å². The van der Waals surface area contributed by atoms with Crippen LogP contribution < -0.4 is 0 Å². The number of carboxylic acid groups (broad SMARTS) is 1. The Morgan fingerprint density at radius 1 is 1.42 bits per heavy atom. The van der Waals surface area contributed by atoms with Crippen molar-refractivity contribution in [2.45, 2.75) is 38.9 Å². The van der Waals surface area contributed by atoms with Gasteiger partial charge in [-0.05, 0) is 18.9 Å². The Morgan fingerprint density at radius 2 is 2.12 bits per heavy atom. The molecule has 1 unspecified atom stereocenters. The van der Waals surface area contributed by atoms with Crippen LogP contribution in [0.2, 0.25) is 0 Å². The van der Waals surface area contributed by atoms with E-state index in [2.05, 4.69) is 18.9 Å². The van der Waals surface area contributed by atoms with Crippen LogP contribution in [0.15, 0.2) is 6.07 Å². The van der Waals surface area contributed by atoms with E-state index in [1.807, 2.05) is 13.1 Å². The van der Waals surface area contributed by atoms with Crippen LogP contribution in [0.3, 0.4) is 0 Å². The van der Waals surface area contributed by atoms with Crippen LogP contribution in [0.25, 0.3) is 10.2 Å². The van der Waals surface area contributed by atoms with Gasteiger partial charge < -0.3 is 14.7 Å². The number of hydrogen-bond donors (Lipinski definition) is 1. The zero-order chi connectivity index (χ0) is 17.6. The highest BCUT2D eigenvalue weighted by Gasteiger charge is 2.33. The Hall–Kier alpha value is -1.93. The monoisotopic (exact) mass is 351 g/mol. The van der Waals surface area contributed by atoms with Crippen LogP contribution in [0.5, 0.6) is 0 Å². The van der Waals surface area contributed by atoms with Crippen molar-refractivity contribution in [3.8, 4) is 0 Å². The van der Waals surface area contributed by atoms with Crippen LogP contribution >= 0.6 is 11.3 Å². The van der Waals surface area contributed by atoms with Gasteiger partial charge in [0.1, 0.15) is 4.83 Å². The van der Waals surface area contributed by atoms with E-state index >= 15 is 0 Å². The summed E-state index contributed by atoms with van der Waals surface area (Å²) in [5.41, 5.74) is 0.974. The average Bonchev–Trinajstić information content (AvgIpc) is 3.06. The van der Waals surface area contributed by atoms with Gasteiger partial charge in [-0.3, -0.25) is 9.48 Å². The number of carbonyl (C=O) groups is 2. The lowest BCUT2D eigenvalue weighted by atomic mass is 10.1. The molecular weight excluding hydrogens is 330 g/mol. The molecule has 7 nitrogen and oxygen atoms in total. The van der Waals surface area contributed by atoms with E-state index < -0.39 is 12.1 Å². The second-order valence-corrected chi connectivity index (χ2v) is 7.51. The minimum absolute atomic E-state index is 0.0715. The van der Waals surface area contributed by atoms with Gasteiger partial charge in [-0.2, -0.15) is 5.10 Å². The van der Waals surface area contributed by atoms with Crippen molar-refractivity contribution in [3.63, 3.8) is 0 Å². The maximum Gasteiger partial charge on any atom is 0.334 e. The quantitative estimate of drug-likeness (QED) is 0.915. The molecule has 0 aromatic carbocycles. The van der Waals surface area contributed by atoms with E-state index in [1.54, 1.807) is 16.5 Å². The van der Waals surface area contributed by atoms with E-state index in [1.165, 1.54) is 11.3 Å². The Balaban J connectivity index is 1.91. The SMILES string of the molecule is CC(C)c1nn(C)c2sc(C(=O)N3CC(C(=O)O)O[C@H](C)C3)cc12. The normalized spacial score (nSPS) is 21.6. The summed E-state index contributed by atoms with van der Waals surface area (Å²) in [6.07, 6.45) is -1.27. The summed E-state index contributed by atoms with van der Waals surface area (Å²) in [5.74, 6) is -0.916. The van der Waals surface area contributed by atoms with Crippen molar-refractivity contribution in [3.05, 3.63) is 16.6 Å². The fraction of sp³-hybridized carbons (Fsp3) is 0.562. The number of hydrogen-bond acceptors (Lipinski definition) is 5. The number of morpholine rings is 1. The van der Waals surface area contributed by atoms with Crippen LogP contribution in [0, 0.1) is 0 Å². The molecule has 1 N–H and O–H groups in total. The molecule has 0 radical (unpaired) electrons. The second-order valence-electron chi connectivity index (χ2n) is 6.48. The molecule has 130 valence electrons. The number of ether oxygens (including phenoxy) is 1. The summed E-state index contributed by atoms with van der Waals surface area (Å²) < 4.78 is 7.17. The smallest absolute Gasteiger partial charge is 0.334 e. The highest BCUT2D eigenvalue weighted by Crippen LogP contribution is 2.32. The molecule has 0 spiro atoms. The van der Waals surface area contributed by atoms with Gasteiger partial charge in [-0.25, -0.2) is 4.79 Å². The zero-order valence-corrected chi connectivity index (χ0v) is 15.0. The number of fused-ring (bicyclic) bond motifs is 1. The van der Waals surface area contributed by atoms with Crippen LogP contribution in [0.1, 0.15) is 42.1 Å². The molecule has 1 amide bonds. The van der Waals surface area contributed by atoms with Crippen molar-refractivity contribution in [1.82, 2.24) is 14.7 Å². The highest BCUT2D eigenvalue weighted by atomic mass is 32.1. The lowest BCUT2D eigenvalue weighted by Crippen LogP contribution is -2.51. The fourth-order valence-electron chi connectivity index (χ4n) is 3.01. The highest BCUT2D eigenvalue weighted by molar-refractivity contribution is 7.20. The number of carboxylic acids is 1. The first kappa shape index (κ1) is 16.9. The van der Waals surface area contributed by atoms with E-state index in [9.17, 15) is 9.59 Å². The molecule has 3 rings (SSSR count). The average molecular weight is 351 g/mol. The number of aromatic nitrogens is 2. The van der Waals surface area contributed by atoms with Crippen molar-refractivity contribution < 1.29 is 19.4 Å². The van der Waals surface area contributed by atoms with Crippen LogP contribution in [-0.2, 0) is 16.6 Å². The number of amides is 1. The van der Waals surface area contributed by atoms with E-state index in [0.717, 1.165) is 15.9 Å². The molecule has 8 heteroatoms. The molecule has 1 aliphatic heterocycles. The maximum absolute atomic E-state index is 12.8. The van der Waals surface area contributed by atoms with Crippen molar-refractivity contribution >= 4 is 33.4 Å². The molecule has 1 fully saturated rings. The molecule has 1 saturated heterocycles. The number of aryl methyl sites for hydroxylation is 1. The van der Waals surface area contributed by atoms with Gasteiger partial charge in [0.15, 0.2) is 6.10 Å². The first-order valence-corrected chi connectivity index (χ1v) is 8.73. The lowest BCUT2D eigenvalue weighted by molar-refractivity contribution is -0.160. The molecule has 24 heavy (non-hydrogen) atoms. The molecular formula is C16H21N3O4S. The van der Waals surface area contributed by atoms with Gasteiger partial charge in [0.25, 0.3) is 5.91 Å². The first-order chi connectivity index (χ1) is 11.3. The summed E-state index contributed by atoms with van der Waals surface area (Å²) in [5, 5.41) is 14.7. The van der Waals surface area contributed by atoms with Gasteiger partial charge in [-0.1, -0.05) is 13.8 Å². The Bertz CT molecular complexity index is 795. The third kappa shape index (κ3) is 2.91. The van der Waals surface area contributed by atoms with E-state index in [4.69, 9.17) is 9.84 Å². The minimum atomic E-state index is -1.04. The van der Waals surface area contributed by atoms with Crippen LogP contribution in [-0.4, -0.2) is 57.0 Å².